The molecular weight excluding hydrogens is 260 g/mol. The van der Waals surface area contributed by atoms with Crippen LogP contribution in [0.3, 0.4) is 0 Å². The van der Waals surface area contributed by atoms with Crippen LogP contribution in [0.25, 0.3) is 0 Å². The Labute approximate surface area is 128 Å². The molecule has 114 valence electrons. The Morgan fingerprint density at radius 1 is 1.33 bits per heavy atom. The van der Waals surface area contributed by atoms with Crippen LogP contribution in [-0.4, -0.2) is 37.7 Å². The zero-order valence-electron chi connectivity index (χ0n) is 13.1. The van der Waals surface area contributed by atoms with Gasteiger partial charge in [-0.3, -0.25) is 4.90 Å². The number of terminal acetylenes is 1. The second-order valence-electron chi connectivity index (χ2n) is 5.66. The number of nitrogens with one attached hydrogen (secondary N) is 1. The van der Waals surface area contributed by atoms with E-state index >= 15 is 0 Å². The number of likely N-dealkylation sites (tertiary alicyclic amines) is 1. The highest BCUT2D eigenvalue weighted by Gasteiger charge is 2.21. The maximum absolute atomic E-state index is 5.38. The van der Waals surface area contributed by atoms with Gasteiger partial charge in [0.05, 0.1) is 13.7 Å². The number of nitrogens with zero attached hydrogens (tertiary/aromatic N) is 1. The van der Waals surface area contributed by atoms with E-state index in [1.54, 1.807) is 7.11 Å². The third-order valence-electron chi connectivity index (χ3n) is 4.27. The van der Waals surface area contributed by atoms with Crippen molar-refractivity contribution in [1.82, 2.24) is 10.2 Å². The number of rotatable bonds is 6. The van der Waals surface area contributed by atoms with E-state index in [0.717, 1.165) is 31.8 Å². The standard InChI is InChI=1S/C18H26N2O/c1-4-12-20-13-10-16(11-14-20)19-18(5-2)15-6-8-17(21-3)9-7-15/h1,6-9,16,18-19H,5,10-14H2,2-3H3. The summed E-state index contributed by atoms with van der Waals surface area (Å²) in [5.41, 5.74) is 1.34. The molecule has 0 saturated carbocycles. The Morgan fingerprint density at radius 2 is 2.00 bits per heavy atom. The van der Waals surface area contributed by atoms with Crippen molar-refractivity contribution in [2.75, 3.05) is 26.7 Å². The molecule has 0 aliphatic carbocycles. The molecule has 21 heavy (non-hydrogen) atoms. The third-order valence-corrected chi connectivity index (χ3v) is 4.27. The number of hydrogen-bond acceptors (Lipinski definition) is 3. The Kier molecular flexibility index (Phi) is 6.10. The fraction of sp³-hybridized carbons (Fsp3) is 0.556. The monoisotopic (exact) mass is 286 g/mol. The molecule has 2 rings (SSSR count). The van der Waals surface area contributed by atoms with Gasteiger partial charge in [-0.05, 0) is 37.0 Å². The molecule has 0 bridgehead atoms. The maximum Gasteiger partial charge on any atom is 0.118 e. The lowest BCUT2D eigenvalue weighted by molar-refractivity contribution is 0.208. The highest BCUT2D eigenvalue weighted by molar-refractivity contribution is 5.29. The molecule has 1 aromatic carbocycles. The van der Waals surface area contributed by atoms with Crippen molar-refractivity contribution in [3.8, 4) is 18.1 Å². The fourth-order valence-electron chi connectivity index (χ4n) is 2.96. The van der Waals surface area contributed by atoms with Crippen molar-refractivity contribution in [1.29, 1.82) is 0 Å². The van der Waals surface area contributed by atoms with Gasteiger partial charge >= 0.3 is 0 Å². The van der Waals surface area contributed by atoms with E-state index < -0.39 is 0 Å². The quantitative estimate of drug-likeness (QED) is 0.814. The van der Waals surface area contributed by atoms with E-state index in [1.165, 1.54) is 18.4 Å². The molecule has 1 atom stereocenters. The van der Waals surface area contributed by atoms with Gasteiger partial charge in [-0.15, -0.1) is 6.42 Å². The van der Waals surface area contributed by atoms with Gasteiger partial charge in [0.15, 0.2) is 0 Å². The zero-order valence-corrected chi connectivity index (χ0v) is 13.1. The summed E-state index contributed by atoms with van der Waals surface area (Å²) in [5.74, 6) is 3.65. The van der Waals surface area contributed by atoms with E-state index in [4.69, 9.17) is 11.2 Å². The van der Waals surface area contributed by atoms with Crippen molar-refractivity contribution in [2.24, 2.45) is 0 Å². The van der Waals surface area contributed by atoms with Crippen LogP contribution < -0.4 is 10.1 Å². The number of methoxy groups -OCH3 is 1. The second-order valence-corrected chi connectivity index (χ2v) is 5.66. The predicted octanol–water partition coefficient (Wildman–Crippen LogP) is 2.83. The number of ether oxygens (including phenoxy) is 1. The minimum absolute atomic E-state index is 0.417. The molecule has 3 heteroatoms. The minimum Gasteiger partial charge on any atom is -0.497 e. The van der Waals surface area contributed by atoms with Crippen LogP contribution in [0.5, 0.6) is 5.75 Å². The number of hydrogen-bond donors (Lipinski definition) is 1. The summed E-state index contributed by atoms with van der Waals surface area (Å²) < 4.78 is 5.23. The Hall–Kier alpha value is -1.50. The molecule has 0 spiro atoms. The van der Waals surface area contributed by atoms with Crippen LogP contribution in [0.15, 0.2) is 24.3 Å². The molecule has 1 unspecified atom stereocenters. The molecule has 1 N–H and O–H groups in total. The van der Waals surface area contributed by atoms with Gasteiger partial charge in [0.2, 0.25) is 0 Å². The first-order valence-electron chi connectivity index (χ1n) is 7.82. The van der Waals surface area contributed by atoms with Crippen LogP contribution >= 0.6 is 0 Å². The van der Waals surface area contributed by atoms with Crippen molar-refractivity contribution >= 4 is 0 Å². The number of piperidine rings is 1. The minimum atomic E-state index is 0.417. The average Bonchev–Trinajstić information content (AvgIpc) is 2.54. The first-order chi connectivity index (χ1) is 10.3. The molecule has 0 radical (unpaired) electrons. The Morgan fingerprint density at radius 3 is 2.52 bits per heavy atom. The highest BCUT2D eigenvalue weighted by Crippen LogP contribution is 2.22. The van der Waals surface area contributed by atoms with Crippen molar-refractivity contribution in [3.63, 3.8) is 0 Å². The van der Waals surface area contributed by atoms with Gasteiger partial charge in [-0.1, -0.05) is 25.0 Å². The zero-order chi connectivity index (χ0) is 15.1. The third kappa shape index (κ3) is 4.49. The number of benzene rings is 1. The van der Waals surface area contributed by atoms with Crippen LogP contribution in [0.2, 0.25) is 0 Å². The highest BCUT2D eigenvalue weighted by atomic mass is 16.5. The van der Waals surface area contributed by atoms with Crippen LogP contribution in [0.4, 0.5) is 0 Å². The van der Waals surface area contributed by atoms with E-state index in [0.29, 0.717) is 12.1 Å². The second kappa shape index (κ2) is 8.07. The molecule has 1 aliphatic heterocycles. The topological polar surface area (TPSA) is 24.5 Å². The van der Waals surface area contributed by atoms with E-state index in [9.17, 15) is 0 Å². The van der Waals surface area contributed by atoms with E-state index in [2.05, 4.69) is 35.2 Å². The molecule has 1 heterocycles. The van der Waals surface area contributed by atoms with Gasteiger partial charge in [0, 0.05) is 25.2 Å². The van der Waals surface area contributed by atoms with E-state index in [-0.39, 0.29) is 0 Å². The Balaban J connectivity index is 1.89. The largest absolute Gasteiger partial charge is 0.497 e. The van der Waals surface area contributed by atoms with Crippen molar-refractivity contribution < 1.29 is 4.74 Å². The van der Waals surface area contributed by atoms with Crippen LogP contribution in [0, 0.1) is 12.3 Å². The molecule has 1 fully saturated rings. The molecule has 1 aromatic rings. The Bertz CT molecular complexity index is 455. The summed E-state index contributed by atoms with van der Waals surface area (Å²) in [7, 11) is 1.70. The SMILES string of the molecule is C#CCN1CCC(NC(CC)c2ccc(OC)cc2)CC1. The lowest BCUT2D eigenvalue weighted by atomic mass is 9.99. The summed E-state index contributed by atoms with van der Waals surface area (Å²) in [6.45, 7) is 5.21. The van der Waals surface area contributed by atoms with Gasteiger partial charge in [-0.25, -0.2) is 0 Å². The van der Waals surface area contributed by atoms with Crippen LogP contribution in [-0.2, 0) is 0 Å². The predicted molar refractivity (Wildman–Crippen MR) is 87.5 cm³/mol. The molecular formula is C18H26N2O. The molecule has 0 amide bonds. The smallest absolute Gasteiger partial charge is 0.118 e. The summed E-state index contributed by atoms with van der Waals surface area (Å²) in [6.07, 6.45) is 8.82. The molecule has 1 aliphatic rings. The van der Waals surface area contributed by atoms with Gasteiger partial charge < -0.3 is 10.1 Å². The molecule has 0 aromatic heterocycles. The first-order valence-corrected chi connectivity index (χ1v) is 7.82. The normalized spacial score (nSPS) is 18.1. The summed E-state index contributed by atoms with van der Waals surface area (Å²) in [4.78, 5) is 2.35. The lowest BCUT2D eigenvalue weighted by Crippen LogP contribution is -2.43. The summed E-state index contributed by atoms with van der Waals surface area (Å²) in [6, 6.07) is 9.40. The summed E-state index contributed by atoms with van der Waals surface area (Å²) >= 11 is 0. The fourth-order valence-corrected chi connectivity index (χ4v) is 2.96. The van der Waals surface area contributed by atoms with Gasteiger partial charge in [0.25, 0.3) is 0 Å². The van der Waals surface area contributed by atoms with Gasteiger partial charge in [0.1, 0.15) is 5.75 Å². The van der Waals surface area contributed by atoms with E-state index in [1.807, 2.05) is 12.1 Å². The summed E-state index contributed by atoms with van der Waals surface area (Å²) in [5, 5.41) is 3.80. The molecule has 3 nitrogen and oxygen atoms in total. The van der Waals surface area contributed by atoms with Crippen molar-refractivity contribution in [3.05, 3.63) is 29.8 Å². The van der Waals surface area contributed by atoms with Gasteiger partial charge in [-0.2, -0.15) is 0 Å². The van der Waals surface area contributed by atoms with Crippen molar-refractivity contribution in [2.45, 2.75) is 38.3 Å². The lowest BCUT2D eigenvalue weighted by Gasteiger charge is -2.33. The maximum atomic E-state index is 5.38. The van der Waals surface area contributed by atoms with Crippen LogP contribution in [0.1, 0.15) is 37.8 Å². The first kappa shape index (κ1) is 15.9. The average molecular weight is 286 g/mol. The molecule has 1 saturated heterocycles.